The van der Waals surface area contributed by atoms with Gasteiger partial charge in [-0.3, -0.25) is 0 Å². The molecule has 0 fully saturated rings. The van der Waals surface area contributed by atoms with Gasteiger partial charge in [0.05, 0.1) is 0 Å². The van der Waals surface area contributed by atoms with E-state index < -0.39 is 0 Å². The molecule has 0 spiro atoms. The van der Waals surface area contributed by atoms with Crippen molar-refractivity contribution in [3.05, 3.63) is 95.6 Å². The zero-order valence-corrected chi connectivity index (χ0v) is 14.7. The summed E-state index contributed by atoms with van der Waals surface area (Å²) in [4.78, 5) is 0. The molecule has 2 N–H and O–H groups in total. The van der Waals surface area contributed by atoms with Gasteiger partial charge in [0.2, 0.25) is 0 Å². The maximum absolute atomic E-state index is 9.76. The van der Waals surface area contributed by atoms with Gasteiger partial charge < -0.3 is 10.2 Å². The second kappa shape index (κ2) is 7.02. The third-order valence-electron chi connectivity index (χ3n) is 5.23. The summed E-state index contributed by atoms with van der Waals surface area (Å²) in [5.41, 5.74) is 3.13. The first-order chi connectivity index (χ1) is 12.1. The van der Waals surface area contributed by atoms with Gasteiger partial charge >= 0.3 is 0 Å². The number of aromatic hydroxyl groups is 2. The summed E-state index contributed by atoms with van der Waals surface area (Å²) in [6.45, 7) is 4.45. The number of benzene rings is 3. The van der Waals surface area contributed by atoms with Crippen molar-refractivity contribution in [2.45, 2.75) is 25.7 Å². The molecule has 0 aromatic heterocycles. The number of rotatable bonds is 5. The SMILES string of the molecule is CCC(C)C(c1ccccc1)(c1ccc(O)cc1)c1ccc(O)cc1. The van der Waals surface area contributed by atoms with Crippen molar-refractivity contribution in [3.63, 3.8) is 0 Å². The van der Waals surface area contributed by atoms with E-state index in [0.29, 0.717) is 5.92 Å². The topological polar surface area (TPSA) is 40.5 Å². The minimum Gasteiger partial charge on any atom is -0.508 e. The Kier molecular flexibility index (Phi) is 4.80. The van der Waals surface area contributed by atoms with Crippen molar-refractivity contribution in [2.75, 3.05) is 0 Å². The van der Waals surface area contributed by atoms with Gasteiger partial charge in [0.1, 0.15) is 11.5 Å². The normalized spacial score (nSPS) is 12.7. The zero-order valence-electron chi connectivity index (χ0n) is 14.7. The fraction of sp³-hybridized carbons (Fsp3) is 0.217. The Labute approximate surface area is 149 Å². The maximum Gasteiger partial charge on any atom is 0.115 e. The summed E-state index contributed by atoms with van der Waals surface area (Å²) >= 11 is 0. The van der Waals surface area contributed by atoms with Gasteiger partial charge in [0.25, 0.3) is 0 Å². The van der Waals surface area contributed by atoms with Crippen molar-refractivity contribution in [1.29, 1.82) is 0 Å². The summed E-state index contributed by atoms with van der Waals surface area (Å²) in [5, 5.41) is 19.5. The zero-order chi connectivity index (χ0) is 17.9. The van der Waals surface area contributed by atoms with Gasteiger partial charge in [-0.05, 0) is 46.9 Å². The lowest BCUT2D eigenvalue weighted by Gasteiger charge is -2.41. The molecule has 3 aromatic carbocycles. The van der Waals surface area contributed by atoms with Gasteiger partial charge in [0, 0.05) is 5.41 Å². The lowest BCUT2D eigenvalue weighted by atomic mass is 9.61. The highest BCUT2D eigenvalue weighted by Crippen LogP contribution is 2.47. The fourth-order valence-electron chi connectivity index (χ4n) is 3.81. The minimum absolute atomic E-state index is 0.264. The molecule has 1 unspecified atom stereocenters. The molecule has 3 rings (SSSR count). The maximum atomic E-state index is 9.76. The van der Waals surface area contributed by atoms with E-state index in [1.165, 1.54) is 5.56 Å². The van der Waals surface area contributed by atoms with Crippen LogP contribution in [0.5, 0.6) is 11.5 Å². The van der Waals surface area contributed by atoms with Crippen LogP contribution in [-0.4, -0.2) is 10.2 Å². The van der Waals surface area contributed by atoms with Crippen LogP contribution in [0.3, 0.4) is 0 Å². The van der Waals surface area contributed by atoms with E-state index in [-0.39, 0.29) is 16.9 Å². The Morgan fingerprint density at radius 1 is 0.680 bits per heavy atom. The third kappa shape index (κ3) is 3.00. The Morgan fingerprint density at radius 2 is 1.08 bits per heavy atom. The third-order valence-corrected chi connectivity index (χ3v) is 5.23. The van der Waals surface area contributed by atoms with Crippen LogP contribution in [0.4, 0.5) is 0 Å². The molecule has 128 valence electrons. The monoisotopic (exact) mass is 332 g/mol. The van der Waals surface area contributed by atoms with Crippen LogP contribution >= 0.6 is 0 Å². The average molecular weight is 332 g/mol. The fourth-order valence-corrected chi connectivity index (χ4v) is 3.81. The van der Waals surface area contributed by atoms with E-state index in [2.05, 4.69) is 38.1 Å². The van der Waals surface area contributed by atoms with Crippen LogP contribution in [0.15, 0.2) is 78.9 Å². The average Bonchev–Trinajstić information content (AvgIpc) is 2.65. The summed E-state index contributed by atoms with van der Waals surface area (Å²) in [7, 11) is 0. The number of phenols is 2. The van der Waals surface area contributed by atoms with Gasteiger partial charge in [-0.15, -0.1) is 0 Å². The standard InChI is InChI=1S/C23H24O2/c1-3-17(2)23(18-7-5-4-6-8-18,19-9-13-21(24)14-10-19)20-11-15-22(25)16-12-20/h4-17,24-25H,3H2,1-2H3. The molecule has 25 heavy (non-hydrogen) atoms. The van der Waals surface area contributed by atoms with Crippen molar-refractivity contribution < 1.29 is 10.2 Å². The summed E-state index contributed by atoms with van der Waals surface area (Å²) < 4.78 is 0. The first-order valence-corrected chi connectivity index (χ1v) is 8.73. The van der Waals surface area contributed by atoms with Crippen LogP contribution in [0.1, 0.15) is 37.0 Å². The lowest BCUT2D eigenvalue weighted by molar-refractivity contribution is 0.390. The summed E-state index contributed by atoms with van der Waals surface area (Å²) in [6.07, 6.45) is 0.997. The largest absolute Gasteiger partial charge is 0.508 e. The Hall–Kier alpha value is -2.74. The van der Waals surface area contributed by atoms with Gasteiger partial charge in [-0.1, -0.05) is 74.9 Å². The smallest absolute Gasteiger partial charge is 0.115 e. The van der Waals surface area contributed by atoms with E-state index >= 15 is 0 Å². The van der Waals surface area contributed by atoms with E-state index in [4.69, 9.17) is 0 Å². The number of hydrogen-bond donors (Lipinski definition) is 2. The van der Waals surface area contributed by atoms with E-state index in [0.717, 1.165) is 17.5 Å². The van der Waals surface area contributed by atoms with Crippen molar-refractivity contribution in [1.82, 2.24) is 0 Å². The number of hydrogen-bond acceptors (Lipinski definition) is 2. The van der Waals surface area contributed by atoms with E-state index in [1.807, 2.05) is 30.3 Å². The first kappa shape index (κ1) is 17.1. The van der Waals surface area contributed by atoms with Gasteiger partial charge in [0.15, 0.2) is 0 Å². The molecule has 2 nitrogen and oxygen atoms in total. The molecule has 0 aliphatic carbocycles. The highest BCUT2D eigenvalue weighted by molar-refractivity contribution is 5.52. The molecule has 0 aliphatic heterocycles. The first-order valence-electron chi connectivity index (χ1n) is 8.73. The molecular weight excluding hydrogens is 308 g/mol. The molecular formula is C23H24O2. The second-order valence-corrected chi connectivity index (χ2v) is 6.58. The predicted molar refractivity (Wildman–Crippen MR) is 102 cm³/mol. The molecule has 0 radical (unpaired) electrons. The van der Waals surface area contributed by atoms with Crippen molar-refractivity contribution >= 4 is 0 Å². The van der Waals surface area contributed by atoms with Crippen molar-refractivity contribution in [2.24, 2.45) is 5.92 Å². The molecule has 0 bridgehead atoms. The molecule has 0 amide bonds. The molecule has 0 saturated carbocycles. The summed E-state index contributed by atoms with van der Waals surface area (Å²) in [5.74, 6) is 0.852. The molecule has 0 heterocycles. The Bertz CT molecular complexity index is 759. The summed E-state index contributed by atoms with van der Waals surface area (Å²) in [6, 6.07) is 25.5. The second-order valence-electron chi connectivity index (χ2n) is 6.58. The predicted octanol–water partition coefficient (Wildman–Crippen LogP) is 5.48. The molecule has 1 atom stereocenters. The quantitative estimate of drug-likeness (QED) is 0.608. The van der Waals surface area contributed by atoms with Gasteiger partial charge in [-0.2, -0.15) is 0 Å². The van der Waals surface area contributed by atoms with Crippen LogP contribution in [0.2, 0.25) is 0 Å². The Balaban J connectivity index is 2.35. The van der Waals surface area contributed by atoms with Crippen molar-refractivity contribution in [3.8, 4) is 11.5 Å². The van der Waals surface area contributed by atoms with Crippen LogP contribution in [0.25, 0.3) is 0 Å². The van der Waals surface area contributed by atoms with Crippen LogP contribution < -0.4 is 0 Å². The minimum atomic E-state index is -0.350. The Morgan fingerprint density at radius 3 is 1.48 bits per heavy atom. The molecule has 2 heteroatoms. The van der Waals surface area contributed by atoms with Gasteiger partial charge in [-0.25, -0.2) is 0 Å². The van der Waals surface area contributed by atoms with E-state index in [9.17, 15) is 10.2 Å². The molecule has 3 aromatic rings. The number of phenolic OH excluding ortho intramolecular Hbond substituents is 2. The lowest BCUT2D eigenvalue weighted by Crippen LogP contribution is -2.36. The van der Waals surface area contributed by atoms with Crippen LogP contribution in [-0.2, 0) is 5.41 Å². The molecule has 0 aliphatic rings. The highest BCUT2D eigenvalue weighted by atomic mass is 16.3. The van der Waals surface area contributed by atoms with E-state index in [1.54, 1.807) is 24.3 Å². The molecule has 0 saturated heterocycles. The van der Waals surface area contributed by atoms with Crippen LogP contribution in [0, 0.1) is 5.92 Å². The highest BCUT2D eigenvalue weighted by Gasteiger charge is 2.40.